The van der Waals surface area contributed by atoms with Crippen LogP contribution in [0.2, 0.25) is 0 Å². The van der Waals surface area contributed by atoms with Gasteiger partial charge in [0.15, 0.2) is 11.8 Å². The monoisotopic (exact) mass is 518 g/mol. The van der Waals surface area contributed by atoms with Crippen LogP contribution in [0.1, 0.15) is 33.3 Å². The van der Waals surface area contributed by atoms with Crippen molar-refractivity contribution in [2.45, 2.75) is 33.7 Å². The third-order valence-electron chi connectivity index (χ3n) is 6.42. The fraction of sp³-hybridized carbons (Fsp3) is 0.300. The third-order valence-corrected chi connectivity index (χ3v) is 6.42. The summed E-state index contributed by atoms with van der Waals surface area (Å²) in [5, 5.41) is 54.1. The van der Waals surface area contributed by atoms with Crippen LogP contribution < -0.4 is 9.80 Å². The minimum atomic E-state index is -1.29. The molecule has 0 amide bonds. The first-order valence-electron chi connectivity index (χ1n) is 12.6. The largest absolute Gasteiger partial charge is 0.509 e. The Balaban J connectivity index is 1.79. The fourth-order valence-corrected chi connectivity index (χ4v) is 4.88. The zero-order valence-electron chi connectivity index (χ0n) is 22.0. The highest BCUT2D eigenvalue weighted by molar-refractivity contribution is 6.34. The molecule has 1 aliphatic carbocycles. The van der Waals surface area contributed by atoms with E-state index in [1.54, 1.807) is 36.4 Å². The average Bonchev–Trinajstić information content (AvgIpc) is 2.84. The number of hydrogen-bond acceptors (Lipinski definition) is 8. The molecule has 0 aliphatic heterocycles. The van der Waals surface area contributed by atoms with E-state index in [0.29, 0.717) is 30.6 Å². The van der Waals surface area contributed by atoms with Gasteiger partial charge in [-0.05, 0) is 36.1 Å². The molecule has 3 aromatic rings. The number of Topliss-reactive ketones (excluding diaryl/α,β-unsaturated/α-hetero) is 1. The van der Waals surface area contributed by atoms with Gasteiger partial charge in [-0.1, -0.05) is 52.0 Å². The maximum atomic E-state index is 13.5. The number of aliphatic hydroxyl groups excluding tert-OH is 1. The predicted octanol–water partition coefficient (Wildman–Crippen LogP) is 5.69. The van der Waals surface area contributed by atoms with E-state index >= 15 is 0 Å². The van der Waals surface area contributed by atoms with Gasteiger partial charge in [0.2, 0.25) is 0 Å². The Labute approximate surface area is 222 Å². The van der Waals surface area contributed by atoms with E-state index in [1.807, 2.05) is 0 Å². The molecule has 0 fully saturated rings. The molecule has 0 spiro atoms. The second-order valence-corrected chi connectivity index (χ2v) is 10.4. The molecule has 0 heterocycles. The number of benzene rings is 3. The first-order valence-corrected chi connectivity index (χ1v) is 12.6. The van der Waals surface area contributed by atoms with E-state index in [2.05, 4.69) is 32.6 Å². The lowest BCUT2D eigenvalue weighted by Gasteiger charge is -2.39. The van der Waals surface area contributed by atoms with Crippen LogP contribution in [0, 0.1) is 11.8 Å². The summed E-state index contributed by atoms with van der Waals surface area (Å²) in [5.74, 6) is -1.29. The standard InChI is InChI=1S/C30H34N2O6/c1-17(2)15-31(16-18(3)4)19-13-24(35)26(25(36)14-19)27-29(37)28(30(27)38)32(20-9-5-7-11-22(20)33)21-10-6-8-12-23(21)34/h5-14,17-18,28,33-37H,15-16H2,1-4H3. The van der Waals surface area contributed by atoms with Gasteiger partial charge in [0.1, 0.15) is 28.8 Å². The van der Waals surface area contributed by atoms with Crippen molar-refractivity contribution >= 4 is 28.4 Å². The van der Waals surface area contributed by atoms with Gasteiger partial charge in [-0.25, -0.2) is 0 Å². The number of nitrogens with zero attached hydrogens (tertiary/aromatic N) is 2. The van der Waals surface area contributed by atoms with Crippen molar-refractivity contribution in [3.05, 3.63) is 72.0 Å². The van der Waals surface area contributed by atoms with Crippen molar-refractivity contribution < 1.29 is 30.3 Å². The molecule has 8 heteroatoms. The van der Waals surface area contributed by atoms with Crippen LogP contribution in [-0.4, -0.2) is 50.4 Å². The zero-order valence-corrected chi connectivity index (χ0v) is 22.0. The van der Waals surface area contributed by atoms with Gasteiger partial charge >= 0.3 is 0 Å². The van der Waals surface area contributed by atoms with E-state index in [4.69, 9.17) is 0 Å². The van der Waals surface area contributed by atoms with Gasteiger partial charge in [-0.15, -0.1) is 0 Å². The number of carbonyl (C=O) groups is 1. The lowest BCUT2D eigenvalue weighted by molar-refractivity contribution is -0.116. The van der Waals surface area contributed by atoms with Crippen molar-refractivity contribution in [2.24, 2.45) is 11.8 Å². The lowest BCUT2D eigenvalue weighted by Crippen LogP contribution is -2.47. The minimum Gasteiger partial charge on any atom is -0.509 e. The van der Waals surface area contributed by atoms with Gasteiger partial charge in [0, 0.05) is 30.9 Å². The molecule has 200 valence electrons. The zero-order chi connectivity index (χ0) is 27.7. The first kappa shape index (κ1) is 26.7. The predicted molar refractivity (Wildman–Crippen MR) is 148 cm³/mol. The Morgan fingerprint density at radius 3 is 1.55 bits per heavy atom. The summed E-state index contributed by atoms with van der Waals surface area (Å²) < 4.78 is 0. The van der Waals surface area contributed by atoms with E-state index in [1.165, 1.54) is 29.2 Å². The molecule has 5 N–H and O–H groups in total. The van der Waals surface area contributed by atoms with Crippen LogP contribution in [0.15, 0.2) is 66.4 Å². The van der Waals surface area contributed by atoms with Gasteiger partial charge in [-0.3, -0.25) is 4.79 Å². The van der Waals surface area contributed by atoms with Crippen LogP contribution >= 0.6 is 0 Å². The number of phenols is 4. The molecule has 0 saturated carbocycles. The summed E-state index contributed by atoms with van der Waals surface area (Å²) in [7, 11) is 0. The number of hydrogen-bond donors (Lipinski definition) is 5. The van der Waals surface area contributed by atoms with Crippen molar-refractivity contribution in [3.8, 4) is 23.0 Å². The lowest BCUT2D eigenvalue weighted by atomic mass is 9.81. The molecule has 0 radical (unpaired) electrons. The number of aromatic hydroxyl groups is 4. The van der Waals surface area contributed by atoms with E-state index in [0.717, 1.165) is 0 Å². The Morgan fingerprint density at radius 1 is 0.711 bits per heavy atom. The maximum absolute atomic E-state index is 13.5. The van der Waals surface area contributed by atoms with E-state index in [9.17, 15) is 30.3 Å². The number of aliphatic hydroxyl groups is 1. The second-order valence-electron chi connectivity index (χ2n) is 10.4. The summed E-state index contributed by atoms with van der Waals surface area (Å²) >= 11 is 0. The van der Waals surface area contributed by atoms with E-state index < -0.39 is 17.6 Å². The van der Waals surface area contributed by atoms with Crippen LogP contribution in [0.3, 0.4) is 0 Å². The molecule has 1 unspecified atom stereocenters. The molecule has 1 atom stereocenters. The van der Waals surface area contributed by atoms with E-state index in [-0.39, 0.29) is 45.5 Å². The highest BCUT2D eigenvalue weighted by atomic mass is 16.3. The van der Waals surface area contributed by atoms with Crippen molar-refractivity contribution in [1.29, 1.82) is 0 Å². The van der Waals surface area contributed by atoms with Crippen LogP contribution in [0.5, 0.6) is 23.0 Å². The Hall–Kier alpha value is -4.33. The third kappa shape index (κ3) is 4.94. The molecule has 0 bridgehead atoms. The molecule has 38 heavy (non-hydrogen) atoms. The van der Waals surface area contributed by atoms with Gasteiger partial charge in [0.25, 0.3) is 0 Å². The average molecular weight is 519 g/mol. The van der Waals surface area contributed by atoms with Gasteiger partial charge in [-0.2, -0.15) is 0 Å². The van der Waals surface area contributed by atoms with Gasteiger partial charge in [0.05, 0.1) is 22.5 Å². The Morgan fingerprint density at radius 2 is 1.16 bits per heavy atom. The maximum Gasteiger partial charge on any atom is 0.197 e. The smallest absolute Gasteiger partial charge is 0.197 e. The SMILES string of the molecule is CC(C)CN(CC(C)C)c1cc(O)c(C2=C(O)C(N(c3ccccc3O)c3ccccc3O)C2=O)c(O)c1. The Bertz CT molecular complexity index is 1300. The van der Waals surface area contributed by atoms with Crippen molar-refractivity contribution in [3.63, 3.8) is 0 Å². The molecular weight excluding hydrogens is 484 g/mol. The Kier molecular flexibility index (Phi) is 7.44. The molecule has 8 nitrogen and oxygen atoms in total. The highest BCUT2D eigenvalue weighted by Crippen LogP contribution is 2.49. The summed E-state index contributed by atoms with van der Waals surface area (Å²) in [6.45, 7) is 9.75. The van der Waals surface area contributed by atoms with Gasteiger partial charge < -0.3 is 35.3 Å². The van der Waals surface area contributed by atoms with Crippen LogP contribution in [-0.2, 0) is 4.79 Å². The normalized spacial score (nSPS) is 15.2. The summed E-state index contributed by atoms with van der Waals surface area (Å²) in [6.07, 6.45) is 0. The number of carbonyl (C=O) groups excluding carboxylic acids is 1. The fourth-order valence-electron chi connectivity index (χ4n) is 4.88. The topological polar surface area (TPSA) is 125 Å². The number of para-hydroxylation sites is 4. The minimum absolute atomic E-state index is 0.156. The summed E-state index contributed by atoms with van der Waals surface area (Å²) in [5.41, 5.74) is 0.627. The summed E-state index contributed by atoms with van der Waals surface area (Å²) in [4.78, 5) is 16.9. The van der Waals surface area contributed by atoms with Crippen LogP contribution in [0.4, 0.5) is 17.1 Å². The number of ketones is 1. The van der Waals surface area contributed by atoms with Crippen molar-refractivity contribution in [2.75, 3.05) is 22.9 Å². The molecule has 0 aromatic heterocycles. The number of phenolic OH excluding ortho intramolecular Hbond substituents is 4. The molecule has 3 aromatic carbocycles. The molecule has 0 saturated heterocycles. The first-order chi connectivity index (χ1) is 18.0. The van der Waals surface area contributed by atoms with Crippen LogP contribution in [0.25, 0.3) is 5.57 Å². The molecular formula is C30H34N2O6. The molecule has 4 rings (SSSR count). The number of rotatable bonds is 9. The van der Waals surface area contributed by atoms with Crippen molar-refractivity contribution in [1.82, 2.24) is 0 Å². The molecule has 1 aliphatic rings. The second kappa shape index (κ2) is 10.6. The highest BCUT2D eigenvalue weighted by Gasteiger charge is 2.47. The summed E-state index contributed by atoms with van der Waals surface area (Å²) in [6, 6.07) is 14.2. The number of anilines is 3. The quantitative estimate of drug-likeness (QED) is 0.245.